The van der Waals surface area contributed by atoms with Crippen LogP contribution in [0.3, 0.4) is 0 Å². The Morgan fingerprint density at radius 3 is 2.73 bits per heavy atom. The molecule has 1 aromatic carbocycles. The third-order valence-electron chi connectivity index (χ3n) is 6.32. The van der Waals surface area contributed by atoms with Crippen molar-refractivity contribution in [3.63, 3.8) is 0 Å². The maximum atomic E-state index is 13.0. The molecule has 1 saturated heterocycles. The number of nitrogens with zero attached hydrogens (tertiary/aromatic N) is 5. The van der Waals surface area contributed by atoms with E-state index in [1.807, 2.05) is 17.0 Å². The smallest absolute Gasteiger partial charge is 0.239 e. The second-order valence-electron chi connectivity index (χ2n) is 8.44. The zero-order valence-corrected chi connectivity index (χ0v) is 17.6. The summed E-state index contributed by atoms with van der Waals surface area (Å²) in [6, 6.07) is 8.93. The van der Waals surface area contributed by atoms with Crippen molar-refractivity contribution < 1.29 is 4.79 Å². The topological polar surface area (TPSA) is 99.1 Å². The van der Waals surface area contributed by atoms with Gasteiger partial charge in [-0.25, -0.2) is 9.97 Å². The first kappa shape index (κ1) is 20.3. The summed E-state index contributed by atoms with van der Waals surface area (Å²) in [5, 5.41) is 8.92. The number of anilines is 1. The second kappa shape index (κ2) is 8.41. The number of nitrogens with two attached hydrogens (primary N) is 1. The number of hydrogen-bond acceptors (Lipinski definition) is 6. The summed E-state index contributed by atoms with van der Waals surface area (Å²) >= 11 is 0. The van der Waals surface area contributed by atoms with Gasteiger partial charge in [0.2, 0.25) is 5.91 Å². The van der Waals surface area contributed by atoms with E-state index >= 15 is 0 Å². The number of amides is 1. The van der Waals surface area contributed by atoms with Crippen LogP contribution in [0, 0.1) is 11.3 Å². The van der Waals surface area contributed by atoms with Gasteiger partial charge in [0.15, 0.2) is 0 Å². The van der Waals surface area contributed by atoms with Crippen LogP contribution in [-0.2, 0) is 17.6 Å². The van der Waals surface area contributed by atoms with Crippen LogP contribution in [0.4, 0.5) is 5.82 Å². The summed E-state index contributed by atoms with van der Waals surface area (Å²) in [5.41, 5.74) is 10.3. The molecule has 7 heteroatoms. The van der Waals surface area contributed by atoms with E-state index < -0.39 is 6.04 Å². The first-order valence-corrected chi connectivity index (χ1v) is 10.6. The minimum absolute atomic E-state index is 0.0212. The van der Waals surface area contributed by atoms with Crippen molar-refractivity contribution in [2.45, 2.75) is 51.1 Å². The Bertz CT molecular complexity index is 967. The normalized spacial score (nSPS) is 21.8. The molecule has 3 atom stereocenters. The highest BCUT2D eigenvalue weighted by Crippen LogP contribution is 2.38. The maximum absolute atomic E-state index is 13.0. The zero-order chi connectivity index (χ0) is 21.3. The van der Waals surface area contributed by atoms with Crippen molar-refractivity contribution in [2.24, 2.45) is 5.73 Å². The molecule has 4 rings (SSSR count). The van der Waals surface area contributed by atoms with Crippen LogP contribution in [0.25, 0.3) is 0 Å². The van der Waals surface area contributed by atoms with E-state index in [1.54, 1.807) is 18.5 Å². The minimum atomic E-state index is -0.583. The number of piperazine rings is 1. The number of nitriles is 1. The van der Waals surface area contributed by atoms with Gasteiger partial charge in [-0.1, -0.05) is 19.1 Å². The fourth-order valence-corrected chi connectivity index (χ4v) is 4.62. The van der Waals surface area contributed by atoms with E-state index in [1.165, 1.54) is 11.3 Å². The van der Waals surface area contributed by atoms with Gasteiger partial charge < -0.3 is 15.5 Å². The Morgan fingerprint density at radius 1 is 1.27 bits per heavy atom. The van der Waals surface area contributed by atoms with Crippen molar-refractivity contribution in [1.82, 2.24) is 14.9 Å². The van der Waals surface area contributed by atoms with Gasteiger partial charge in [0.05, 0.1) is 17.7 Å². The average Bonchev–Trinajstić information content (AvgIpc) is 3.15. The highest BCUT2D eigenvalue weighted by molar-refractivity contribution is 5.82. The summed E-state index contributed by atoms with van der Waals surface area (Å²) in [7, 11) is 0. The number of benzene rings is 1. The summed E-state index contributed by atoms with van der Waals surface area (Å²) in [4.78, 5) is 26.2. The Balaban J connectivity index is 1.41. The van der Waals surface area contributed by atoms with Gasteiger partial charge in [-0.2, -0.15) is 5.26 Å². The van der Waals surface area contributed by atoms with Crippen LogP contribution in [0.15, 0.2) is 30.6 Å². The van der Waals surface area contributed by atoms with Crippen molar-refractivity contribution >= 4 is 11.7 Å². The molecule has 7 nitrogen and oxygen atoms in total. The lowest BCUT2D eigenvalue weighted by Gasteiger charge is -2.42. The monoisotopic (exact) mass is 404 g/mol. The molecule has 1 amide bonds. The van der Waals surface area contributed by atoms with Gasteiger partial charge in [-0.3, -0.25) is 4.79 Å². The number of carbonyl (C=O) groups excluding carboxylic acids is 1. The fraction of sp³-hybridized carbons (Fsp3) is 0.478. The molecular formula is C23H28N6O. The average molecular weight is 405 g/mol. The number of rotatable bonds is 4. The van der Waals surface area contributed by atoms with E-state index in [-0.39, 0.29) is 11.9 Å². The van der Waals surface area contributed by atoms with Crippen molar-refractivity contribution in [3.8, 4) is 6.07 Å². The van der Waals surface area contributed by atoms with Gasteiger partial charge in [0, 0.05) is 36.9 Å². The third kappa shape index (κ3) is 3.88. The van der Waals surface area contributed by atoms with Gasteiger partial charge in [-0.15, -0.1) is 0 Å². The van der Waals surface area contributed by atoms with Crippen LogP contribution in [0.2, 0.25) is 0 Å². The molecule has 1 aliphatic carbocycles. The minimum Gasteiger partial charge on any atom is -0.350 e. The summed E-state index contributed by atoms with van der Waals surface area (Å²) in [5.74, 6) is 1.49. The summed E-state index contributed by atoms with van der Waals surface area (Å²) in [6.07, 6.45) is 4.28. The van der Waals surface area contributed by atoms with Gasteiger partial charge in [0.25, 0.3) is 0 Å². The first-order valence-electron chi connectivity index (χ1n) is 10.6. The van der Waals surface area contributed by atoms with Crippen molar-refractivity contribution in [2.75, 3.05) is 24.5 Å². The SMILES string of the molecule is CC1CCc2ncnc(N3CCN(C(=O)C(N)Cc4ccc(C#N)cc4)CC3C)c21. The van der Waals surface area contributed by atoms with E-state index in [4.69, 9.17) is 11.0 Å². The summed E-state index contributed by atoms with van der Waals surface area (Å²) in [6.45, 7) is 6.39. The molecule has 2 aliphatic rings. The van der Waals surface area contributed by atoms with E-state index in [0.717, 1.165) is 30.8 Å². The quantitative estimate of drug-likeness (QED) is 0.837. The molecule has 0 radical (unpaired) electrons. The fourth-order valence-electron chi connectivity index (χ4n) is 4.62. The van der Waals surface area contributed by atoms with Gasteiger partial charge in [0.1, 0.15) is 12.1 Å². The Labute approximate surface area is 177 Å². The highest BCUT2D eigenvalue weighted by Gasteiger charge is 2.33. The van der Waals surface area contributed by atoms with Crippen LogP contribution in [-0.4, -0.2) is 52.5 Å². The Morgan fingerprint density at radius 2 is 2.03 bits per heavy atom. The molecule has 2 heterocycles. The maximum Gasteiger partial charge on any atom is 0.239 e. The van der Waals surface area contributed by atoms with Gasteiger partial charge in [-0.05, 0) is 49.8 Å². The third-order valence-corrected chi connectivity index (χ3v) is 6.32. The molecule has 156 valence electrons. The number of aromatic nitrogens is 2. The first-order chi connectivity index (χ1) is 14.5. The molecule has 0 spiro atoms. The predicted octanol–water partition coefficient (Wildman–Crippen LogP) is 2.01. The molecular weight excluding hydrogens is 376 g/mol. The van der Waals surface area contributed by atoms with Gasteiger partial charge >= 0.3 is 0 Å². The van der Waals surface area contributed by atoms with Crippen LogP contribution >= 0.6 is 0 Å². The zero-order valence-electron chi connectivity index (χ0n) is 17.6. The molecule has 3 unspecified atom stereocenters. The molecule has 1 aliphatic heterocycles. The highest BCUT2D eigenvalue weighted by atomic mass is 16.2. The number of fused-ring (bicyclic) bond motifs is 1. The second-order valence-corrected chi connectivity index (χ2v) is 8.44. The lowest BCUT2D eigenvalue weighted by Crippen LogP contribution is -2.57. The van der Waals surface area contributed by atoms with E-state index in [9.17, 15) is 4.79 Å². The molecule has 0 bridgehead atoms. The number of hydrogen-bond donors (Lipinski definition) is 1. The van der Waals surface area contributed by atoms with E-state index in [2.05, 4.69) is 34.8 Å². The molecule has 30 heavy (non-hydrogen) atoms. The molecule has 1 fully saturated rings. The Kier molecular flexibility index (Phi) is 5.69. The summed E-state index contributed by atoms with van der Waals surface area (Å²) < 4.78 is 0. The molecule has 2 N–H and O–H groups in total. The van der Waals surface area contributed by atoms with E-state index in [0.29, 0.717) is 31.0 Å². The predicted molar refractivity (Wildman–Crippen MR) is 115 cm³/mol. The molecule has 0 saturated carbocycles. The molecule has 1 aromatic heterocycles. The molecule has 2 aromatic rings. The van der Waals surface area contributed by atoms with Crippen LogP contribution in [0.5, 0.6) is 0 Å². The number of aryl methyl sites for hydroxylation is 1. The van der Waals surface area contributed by atoms with Crippen LogP contribution < -0.4 is 10.6 Å². The van der Waals surface area contributed by atoms with Crippen LogP contribution in [0.1, 0.15) is 48.6 Å². The lowest BCUT2D eigenvalue weighted by molar-refractivity contribution is -0.133. The Hall–Kier alpha value is -2.98. The lowest BCUT2D eigenvalue weighted by atomic mass is 10.0. The largest absolute Gasteiger partial charge is 0.350 e. The standard InChI is InChI=1S/C23H28N6O/c1-15-3-8-20-21(15)22(27-14-26-20)29-10-9-28(13-16(29)2)23(30)19(25)11-17-4-6-18(12-24)7-5-17/h4-7,14-16,19H,3,8-11,13,25H2,1-2H3. The van der Waals surface area contributed by atoms with Crippen molar-refractivity contribution in [3.05, 3.63) is 53.0 Å². The number of carbonyl (C=O) groups is 1. The van der Waals surface area contributed by atoms with Crippen molar-refractivity contribution in [1.29, 1.82) is 5.26 Å².